The first kappa shape index (κ1) is 16.8. The minimum Gasteiger partial charge on any atom is -0.481 e. The fraction of sp³-hybridized carbons (Fsp3) is 0.417. The van der Waals surface area contributed by atoms with E-state index in [0.717, 1.165) is 0 Å². The van der Waals surface area contributed by atoms with Crippen LogP contribution in [0.3, 0.4) is 0 Å². The third kappa shape index (κ3) is 5.40. The number of carboxylic acids is 1. The van der Waals surface area contributed by atoms with E-state index in [1.54, 1.807) is 6.92 Å². The summed E-state index contributed by atoms with van der Waals surface area (Å²) in [5, 5.41) is 8.64. The van der Waals surface area contributed by atoms with E-state index in [1.165, 1.54) is 30.5 Å². The molecule has 0 aliphatic rings. The monoisotopic (exact) mass is 319 g/mol. The van der Waals surface area contributed by atoms with E-state index in [4.69, 9.17) is 5.11 Å². The Hall–Kier alpha value is -1.25. The first-order valence-corrected chi connectivity index (χ1v) is 9.05. The van der Waals surface area contributed by atoms with Gasteiger partial charge in [0.05, 0.1) is 11.3 Å². The Balaban J connectivity index is 2.82. The number of hydrogen-bond acceptors (Lipinski definition) is 4. The average molecular weight is 319 g/mol. The topological polar surface area (TPSA) is 101 Å². The van der Waals surface area contributed by atoms with Gasteiger partial charge in [0.1, 0.15) is 0 Å². The van der Waals surface area contributed by atoms with Crippen molar-refractivity contribution >= 4 is 26.8 Å². The highest BCUT2D eigenvalue weighted by molar-refractivity contribution is 7.89. The van der Waals surface area contributed by atoms with Gasteiger partial charge < -0.3 is 5.11 Å². The zero-order valence-corrected chi connectivity index (χ0v) is 12.8. The number of benzene rings is 1. The molecule has 0 fully saturated rings. The lowest BCUT2D eigenvalue weighted by atomic mass is 10.2. The maximum atomic E-state index is 12.0. The molecule has 0 aliphatic heterocycles. The zero-order valence-electron chi connectivity index (χ0n) is 11.2. The summed E-state index contributed by atoms with van der Waals surface area (Å²) in [5.74, 6) is -0.742. The van der Waals surface area contributed by atoms with Crippen LogP contribution in [0.1, 0.15) is 12.5 Å². The average Bonchev–Trinajstić information content (AvgIpc) is 2.26. The minimum absolute atomic E-state index is 0.0559. The summed E-state index contributed by atoms with van der Waals surface area (Å²) in [4.78, 5) is 10.6. The second kappa shape index (κ2) is 6.96. The predicted octanol–water partition coefficient (Wildman–Crippen LogP) is 0.359. The van der Waals surface area contributed by atoms with Gasteiger partial charge in [0.2, 0.25) is 10.0 Å². The quantitative estimate of drug-likeness (QED) is 0.756. The molecule has 1 rings (SSSR count). The van der Waals surface area contributed by atoms with Crippen molar-refractivity contribution in [3.05, 3.63) is 29.8 Å². The van der Waals surface area contributed by atoms with E-state index in [1.807, 2.05) is 0 Å². The molecule has 0 bridgehead atoms. The van der Waals surface area contributed by atoms with Gasteiger partial charge in [0, 0.05) is 28.9 Å². The standard InChI is InChI=1S/C12H17NO5S2/c1-9(8-19(2)16)13-20(17,18)11-5-3-10(4-6-11)7-12(14)15/h3-6,9,13H,7-8H2,1-2H3,(H,14,15). The second-order valence-electron chi connectivity index (χ2n) is 4.48. The Kier molecular flexibility index (Phi) is 5.85. The zero-order chi connectivity index (χ0) is 15.3. The summed E-state index contributed by atoms with van der Waals surface area (Å²) < 4.78 is 37.5. The molecule has 2 N–H and O–H groups in total. The van der Waals surface area contributed by atoms with Gasteiger partial charge >= 0.3 is 5.97 Å². The summed E-state index contributed by atoms with van der Waals surface area (Å²) in [7, 11) is -4.77. The van der Waals surface area contributed by atoms with Crippen molar-refractivity contribution in [1.29, 1.82) is 0 Å². The number of hydrogen-bond donors (Lipinski definition) is 2. The SMILES string of the molecule is CC(CS(C)=O)NS(=O)(=O)c1ccc(CC(=O)O)cc1. The van der Waals surface area contributed by atoms with Crippen LogP contribution in [-0.4, -0.2) is 41.8 Å². The lowest BCUT2D eigenvalue weighted by Gasteiger charge is -2.13. The maximum absolute atomic E-state index is 12.0. The molecular formula is C12H17NO5S2. The first-order chi connectivity index (χ1) is 9.20. The van der Waals surface area contributed by atoms with Gasteiger partial charge in [-0.15, -0.1) is 0 Å². The van der Waals surface area contributed by atoms with Crippen LogP contribution in [0.4, 0.5) is 0 Å². The summed E-state index contributed by atoms with van der Waals surface area (Å²) in [5.41, 5.74) is 0.527. The number of carboxylic acid groups (broad SMARTS) is 1. The summed E-state index contributed by atoms with van der Waals surface area (Å²) in [6.45, 7) is 1.64. The van der Waals surface area contributed by atoms with Crippen LogP contribution in [0, 0.1) is 0 Å². The molecule has 112 valence electrons. The Labute approximate surface area is 120 Å². The van der Waals surface area contributed by atoms with Gasteiger partial charge in [-0.1, -0.05) is 12.1 Å². The molecule has 20 heavy (non-hydrogen) atoms. The van der Waals surface area contributed by atoms with E-state index in [2.05, 4.69) is 4.72 Å². The number of aliphatic carboxylic acids is 1. The molecule has 0 radical (unpaired) electrons. The third-order valence-corrected chi connectivity index (χ3v) is 5.00. The second-order valence-corrected chi connectivity index (χ2v) is 7.67. The maximum Gasteiger partial charge on any atom is 0.307 e. The van der Waals surface area contributed by atoms with E-state index in [0.29, 0.717) is 5.56 Å². The molecule has 2 unspecified atom stereocenters. The van der Waals surface area contributed by atoms with Crippen LogP contribution < -0.4 is 4.72 Å². The van der Waals surface area contributed by atoms with Crippen LogP contribution in [-0.2, 0) is 32.0 Å². The third-order valence-electron chi connectivity index (χ3n) is 2.43. The van der Waals surface area contributed by atoms with Crippen LogP contribution in [0.25, 0.3) is 0 Å². The molecule has 0 amide bonds. The summed E-state index contributed by atoms with van der Waals surface area (Å²) in [6, 6.07) is 5.20. The summed E-state index contributed by atoms with van der Waals surface area (Å²) in [6.07, 6.45) is 1.35. The Morgan fingerprint density at radius 3 is 2.35 bits per heavy atom. The summed E-state index contributed by atoms with van der Waals surface area (Å²) >= 11 is 0. The highest BCUT2D eigenvalue weighted by atomic mass is 32.2. The Morgan fingerprint density at radius 1 is 1.35 bits per heavy atom. The molecule has 1 aromatic rings. The first-order valence-electron chi connectivity index (χ1n) is 5.84. The van der Waals surface area contributed by atoms with Gasteiger partial charge in [0.15, 0.2) is 0 Å². The molecule has 0 saturated carbocycles. The normalized spacial score (nSPS) is 14.7. The van der Waals surface area contributed by atoms with E-state index in [-0.39, 0.29) is 17.1 Å². The molecule has 1 aromatic carbocycles. The molecule has 6 nitrogen and oxygen atoms in total. The van der Waals surface area contributed by atoms with Crippen molar-refractivity contribution in [3.8, 4) is 0 Å². The highest BCUT2D eigenvalue weighted by Gasteiger charge is 2.18. The molecule has 0 aromatic heterocycles. The fourth-order valence-corrected chi connectivity index (χ4v) is 3.82. The van der Waals surface area contributed by atoms with Crippen molar-refractivity contribution in [3.63, 3.8) is 0 Å². The lowest BCUT2D eigenvalue weighted by molar-refractivity contribution is -0.136. The van der Waals surface area contributed by atoms with Crippen molar-refractivity contribution in [2.75, 3.05) is 12.0 Å². The molecule has 2 atom stereocenters. The van der Waals surface area contributed by atoms with Crippen molar-refractivity contribution < 1.29 is 22.5 Å². The van der Waals surface area contributed by atoms with Gasteiger partial charge in [-0.05, 0) is 24.6 Å². The highest BCUT2D eigenvalue weighted by Crippen LogP contribution is 2.11. The van der Waals surface area contributed by atoms with Crippen molar-refractivity contribution in [2.45, 2.75) is 24.3 Å². The van der Waals surface area contributed by atoms with Crippen LogP contribution in [0.15, 0.2) is 29.2 Å². The van der Waals surface area contributed by atoms with Crippen LogP contribution in [0.5, 0.6) is 0 Å². The van der Waals surface area contributed by atoms with Gasteiger partial charge in [0.25, 0.3) is 0 Å². The molecule has 0 aliphatic carbocycles. The minimum atomic E-state index is -3.68. The van der Waals surface area contributed by atoms with E-state index >= 15 is 0 Å². The Morgan fingerprint density at radius 2 is 1.90 bits per heavy atom. The van der Waals surface area contributed by atoms with Gasteiger partial charge in [-0.2, -0.15) is 0 Å². The van der Waals surface area contributed by atoms with E-state index < -0.39 is 32.8 Å². The number of nitrogens with one attached hydrogen (secondary N) is 1. The number of rotatable bonds is 7. The smallest absolute Gasteiger partial charge is 0.307 e. The fourth-order valence-electron chi connectivity index (χ4n) is 1.68. The number of carbonyl (C=O) groups is 1. The van der Waals surface area contributed by atoms with Crippen LogP contribution in [0.2, 0.25) is 0 Å². The van der Waals surface area contributed by atoms with Crippen molar-refractivity contribution in [1.82, 2.24) is 4.72 Å². The predicted molar refractivity (Wildman–Crippen MR) is 76.5 cm³/mol. The molecule has 0 saturated heterocycles. The van der Waals surface area contributed by atoms with Crippen molar-refractivity contribution in [2.24, 2.45) is 0 Å². The molecule has 8 heteroatoms. The Bertz CT molecular complexity index is 595. The molecular weight excluding hydrogens is 302 g/mol. The van der Waals surface area contributed by atoms with Gasteiger partial charge in [-0.25, -0.2) is 13.1 Å². The van der Waals surface area contributed by atoms with Crippen LogP contribution >= 0.6 is 0 Å². The molecule has 0 spiro atoms. The van der Waals surface area contributed by atoms with Gasteiger partial charge in [-0.3, -0.25) is 9.00 Å². The molecule has 0 heterocycles. The van der Waals surface area contributed by atoms with E-state index in [9.17, 15) is 17.4 Å². The lowest BCUT2D eigenvalue weighted by Crippen LogP contribution is -2.36. The number of sulfonamides is 1. The largest absolute Gasteiger partial charge is 0.481 e.